The molecule has 1 rings (SSSR count). The zero-order valence-corrected chi connectivity index (χ0v) is 10.4. The second kappa shape index (κ2) is 6.56. The highest BCUT2D eigenvalue weighted by atomic mass is 16.5. The number of carbonyl (C=O) groups is 2. The van der Waals surface area contributed by atoms with Crippen LogP contribution in [0.2, 0.25) is 0 Å². The van der Waals surface area contributed by atoms with E-state index in [1.54, 1.807) is 0 Å². The molecule has 2 amide bonds. The Hall–Kier alpha value is -1.14. The number of nitrogens with two attached hydrogens (primary N) is 1. The van der Waals surface area contributed by atoms with E-state index in [-0.39, 0.29) is 18.4 Å². The first-order valence-corrected chi connectivity index (χ1v) is 5.96. The Morgan fingerprint density at radius 3 is 2.88 bits per heavy atom. The molecule has 0 spiro atoms. The van der Waals surface area contributed by atoms with Crippen molar-refractivity contribution in [1.82, 2.24) is 10.2 Å². The molecule has 1 saturated heterocycles. The number of amides is 2. The Morgan fingerprint density at radius 2 is 2.29 bits per heavy atom. The summed E-state index contributed by atoms with van der Waals surface area (Å²) < 4.78 is 5.17. The molecular formula is C11H21N3O3. The largest absolute Gasteiger partial charge is 0.377 e. The number of ether oxygens (including phenoxy) is 1. The predicted molar refractivity (Wildman–Crippen MR) is 63.2 cm³/mol. The number of carbonyl (C=O) groups excluding carboxylic acids is 2. The normalized spacial score (nSPS) is 22.2. The fraction of sp³-hybridized carbons (Fsp3) is 0.818. The summed E-state index contributed by atoms with van der Waals surface area (Å²) in [7, 11) is 0. The van der Waals surface area contributed by atoms with Crippen molar-refractivity contribution < 1.29 is 14.3 Å². The lowest BCUT2D eigenvalue weighted by atomic mass is 10.1. The van der Waals surface area contributed by atoms with Gasteiger partial charge in [-0.1, -0.05) is 13.8 Å². The lowest BCUT2D eigenvalue weighted by Crippen LogP contribution is -2.56. The summed E-state index contributed by atoms with van der Waals surface area (Å²) in [6.45, 7) is 6.36. The van der Waals surface area contributed by atoms with Gasteiger partial charge < -0.3 is 20.7 Å². The number of rotatable bonds is 5. The van der Waals surface area contributed by atoms with Crippen LogP contribution in [0.4, 0.5) is 0 Å². The Morgan fingerprint density at radius 1 is 1.59 bits per heavy atom. The van der Waals surface area contributed by atoms with Crippen LogP contribution in [0.5, 0.6) is 0 Å². The highest BCUT2D eigenvalue weighted by Crippen LogP contribution is 2.11. The molecule has 6 heteroatoms. The van der Waals surface area contributed by atoms with Crippen molar-refractivity contribution in [2.75, 3.05) is 32.8 Å². The van der Waals surface area contributed by atoms with Gasteiger partial charge in [-0.25, -0.2) is 0 Å². The minimum atomic E-state index is -0.625. The van der Waals surface area contributed by atoms with E-state index < -0.39 is 11.9 Å². The monoisotopic (exact) mass is 243 g/mol. The van der Waals surface area contributed by atoms with Gasteiger partial charge >= 0.3 is 0 Å². The van der Waals surface area contributed by atoms with Crippen molar-refractivity contribution in [2.24, 2.45) is 11.7 Å². The van der Waals surface area contributed by atoms with Gasteiger partial charge in [0.25, 0.3) is 0 Å². The zero-order chi connectivity index (χ0) is 12.8. The van der Waals surface area contributed by atoms with Crippen molar-refractivity contribution in [1.29, 1.82) is 0 Å². The molecule has 0 aromatic heterocycles. The molecule has 1 aliphatic rings. The topological polar surface area (TPSA) is 84.7 Å². The third-order valence-electron chi connectivity index (χ3n) is 2.86. The summed E-state index contributed by atoms with van der Waals surface area (Å²) in [5.74, 6) is -0.707. The van der Waals surface area contributed by atoms with Gasteiger partial charge in [-0.15, -0.1) is 0 Å². The first-order valence-electron chi connectivity index (χ1n) is 5.96. The molecule has 0 saturated carbocycles. The van der Waals surface area contributed by atoms with Crippen LogP contribution in [0, 0.1) is 5.92 Å². The lowest BCUT2D eigenvalue weighted by molar-refractivity contribution is -0.149. The van der Waals surface area contributed by atoms with Crippen molar-refractivity contribution in [3.8, 4) is 0 Å². The summed E-state index contributed by atoms with van der Waals surface area (Å²) in [6.07, 6.45) is 0. The predicted octanol–water partition coefficient (Wildman–Crippen LogP) is -1.06. The molecule has 1 aliphatic heterocycles. The van der Waals surface area contributed by atoms with E-state index in [2.05, 4.69) is 5.32 Å². The van der Waals surface area contributed by atoms with Crippen molar-refractivity contribution in [2.45, 2.75) is 19.9 Å². The van der Waals surface area contributed by atoms with Crippen LogP contribution in [0.25, 0.3) is 0 Å². The quantitative estimate of drug-likeness (QED) is 0.645. The number of morpholine rings is 1. The third-order valence-corrected chi connectivity index (χ3v) is 2.86. The maximum Gasteiger partial charge on any atom is 0.242 e. The van der Waals surface area contributed by atoms with Crippen LogP contribution < -0.4 is 11.1 Å². The van der Waals surface area contributed by atoms with Crippen LogP contribution in [-0.2, 0) is 14.3 Å². The van der Waals surface area contributed by atoms with E-state index >= 15 is 0 Å². The van der Waals surface area contributed by atoms with Gasteiger partial charge in [0.15, 0.2) is 0 Å². The van der Waals surface area contributed by atoms with Crippen molar-refractivity contribution in [3.05, 3.63) is 0 Å². The minimum absolute atomic E-state index is 0.0435. The Labute approximate surface area is 101 Å². The van der Waals surface area contributed by atoms with Crippen LogP contribution in [0.3, 0.4) is 0 Å². The molecular weight excluding hydrogens is 222 g/mol. The minimum Gasteiger partial charge on any atom is -0.377 e. The lowest BCUT2D eigenvalue weighted by Gasteiger charge is -2.35. The third kappa shape index (κ3) is 3.67. The standard InChI is InChI=1S/C11H21N3O3/c1-3-13-6-8(2)11(16)14-4-5-17-7-9(14)10(12)15/h8-9,13H,3-7H2,1-2H3,(H2,12,15). The molecule has 0 aromatic rings. The smallest absolute Gasteiger partial charge is 0.242 e. The highest BCUT2D eigenvalue weighted by Gasteiger charge is 2.33. The summed E-state index contributed by atoms with van der Waals surface area (Å²) >= 11 is 0. The van der Waals surface area contributed by atoms with E-state index in [9.17, 15) is 9.59 Å². The maximum atomic E-state index is 12.1. The Balaban J connectivity index is 2.61. The molecule has 0 aromatic carbocycles. The molecule has 17 heavy (non-hydrogen) atoms. The van der Waals surface area contributed by atoms with Gasteiger partial charge in [0.2, 0.25) is 11.8 Å². The van der Waals surface area contributed by atoms with Crippen LogP contribution in [0.15, 0.2) is 0 Å². The molecule has 1 fully saturated rings. The van der Waals surface area contributed by atoms with Crippen molar-refractivity contribution >= 4 is 11.8 Å². The molecule has 0 radical (unpaired) electrons. The fourth-order valence-electron chi connectivity index (χ4n) is 1.83. The van der Waals surface area contributed by atoms with Gasteiger partial charge in [-0.05, 0) is 6.54 Å². The first kappa shape index (κ1) is 13.9. The average Bonchev–Trinajstić information content (AvgIpc) is 2.34. The van der Waals surface area contributed by atoms with Gasteiger partial charge in [0.1, 0.15) is 6.04 Å². The summed E-state index contributed by atoms with van der Waals surface area (Å²) in [6, 6.07) is -0.625. The van der Waals surface area contributed by atoms with E-state index in [1.807, 2.05) is 13.8 Å². The molecule has 2 unspecified atom stereocenters. The zero-order valence-electron chi connectivity index (χ0n) is 10.4. The van der Waals surface area contributed by atoms with Gasteiger partial charge in [-0.2, -0.15) is 0 Å². The molecule has 1 heterocycles. The van der Waals surface area contributed by atoms with Crippen LogP contribution in [0.1, 0.15) is 13.8 Å². The Bertz CT molecular complexity index is 283. The van der Waals surface area contributed by atoms with E-state index in [4.69, 9.17) is 10.5 Å². The number of nitrogens with zero attached hydrogens (tertiary/aromatic N) is 1. The highest BCUT2D eigenvalue weighted by molar-refractivity contribution is 5.87. The number of primary amides is 1. The van der Waals surface area contributed by atoms with Crippen LogP contribution >= 0.6 is 0 Å². The van der Waals surface area contributed by atoms with E-state index in [1.165, 1.54) is 4.90 Å². The molecule has 0 aliphatic carbocycles. The SMILES string of the molecule is CCNCC(C)C(=O)N1CCOCC1C(N)=O. The summed E-state index contributed by atoms with van der Waals surface area (Å²) in [4.78, 5) is 24.9. The van der Waals surface area contributed by atoms with Gasteiger partial charge in [-0.3, -0.25) is 9.59 Å². The van der Waals surface area contributed by atoms with Gasteiger partial charge in [0, 0.05) is 19.0 Å². The summed E-state index contributed by atoms with van der Waals surface area (Å²) in [5.41, 5.74) is 5.27. The second-order valence-electron chi connectivity index (χ2n) is 4.23. The van der Waals surface area contributed by atoms with E-state index in [0.717, 1.165) is 6.54 Å². The average molecular weight is 243 g/mol. The van der Waals surface area contributed by atoms with Crippen molar-refractivity contribution in [3.63, 3.8) is 0 Å². The summed E-state index contributed by atoms with van der Waals surface area (Å²) in [5, 5.41) is 3.12. The van der Waals surface area contributed by atoms with E-state index in [0.29, 0.717) is 19.7 Å². The maximum absolute atomic E-state index is 12.1. The molecule has 0 bridgehead atoms. The molecule has 2 atom stereocenters. The second-order valence-corrected chi connectivity index (χ2v) is 4.23. The molecule has 3 N–H and O–H groups in total. The number of hydrogen-bond acceptors (Lipinski definition) is 4. The molecule has 98 valence electrons. The fourth-order valence-corrected chi connectivity index (χ4v) is 1.83. The van der Waals surface area contributed by atoms with Gasteiger partial charge in [0.05, 0.1) is 13.2 Å². The van der Waals surface area contributed by atoms with Crippen LogP contribution in [-0.4, -0.2) is 55.6 Å². The number of nitrogens with one attached hydrogen (secondary N) is 1. The Kier molecular flexibility index (Phi) is 5.37. The first-order chi connectivity index (χ1) is 8.07. The molecule has 6 nitrogen and oxygen atoms in total. The number of hydrogen-bond donors (Lipinski definition) is 2.